The normalized spacial score (nSPS) is 23.3. The van der Waals surface area contributed by atoms with Crippen LogP contribution in [0.25, 0.3) is 17.4 Å². The molecule has 2 aliphatic rings. The molecule has 1 N–H and O–H groups in total. The van der Waals surface area contributed by atoms with Gasteiger partial charge in [0.1, 0.15) is 21.6 Å². The van der Waals surface area contributed by atoms with E-state index in [9.17, 15) is 9.90 Å². The van der Waals surface area contributed by atoms with Crippen LogP contribution in [0.15, 0.2) is 57.9 Å². The van der Waals surface area contributed by atoms with Gasteiger partial charge in [0.2, 0.25) is 0 Å². The van der Waals surface area contributed by atoms with Gasteiger partial charge in [0.25, 0.3) is 5.91 Å². The van der Waals surface area contributed by atoms with Gasteiger partial charge in [-0.3, -0.25) is 9.69 Å². The number of hydrogen-bond acceptors (Lipinski definition) is 5. The summed E-state index contributed by atoms with van der Waals surface area (Å²) in [5.41, 5.74) is 0.866. The molecule has 0 spiro atoms. The summed E-state index contributed by atoms with van der Waals surface area (Å²) >= 11 is 6.90. The minimum absolute atomic E-state index is 0.0414. The molecule has 4 nitrogen and oxygen atoms in total. The third-order valence-corrected chi connectivity index (χ3v) is 6.68. The Bertz CT molecular complexity index is 974. The second kappa shape index (κ2) is 8.59. The highest BCUT2D eigenvalue weighted by Gasteiger charge is 2.39. The molecular formula is C23H23NO3S2. The van der Waals surface area contributed by atoms with E-state index in [2.05, 4.69) is 19.1 Å². The molecule has 2 heterocycles. The number of amides is 1. The van der Waals surface area contributed by atoms with E-state index in [0.29, 0.717) is 26.7 Å². The smallest absolute Gasteiger partial charge is 0.266 e. The average Bonchev–Trinajstić information content (AvgIpc) is 3.28. The SMILES string of the molecule is CCCC1CCC=CC1N1C(=O)/C(=C/c2ccc(-c3ccc(O)cc3)o2)SC1=S. The van der Waals surface area contributed by atoms with Crippen LogP contribution in [0, 0.1) is 5.92 Å². The van der Waals surface area contributed by atoms with Gasteiger partial charge in [0.15, 0.2) is 0 Å². The largest absolute Gasteiger partial charge is 0.508 e. The van der Waals surface area contributed by atoms with Crippen molar-refractivity contribution in [2.45, 2.75) is 38.6 Å². The molecule has 1 aliphatic carbocycles. The Morgan fingerprint density at radius 3 is 2.83 bits per heavy atom. The Labute approximate surface area is 180 Å². The van der Waals surface area contributed by atoms with Gasteiger partial charge in [-0.25, -0.2) is 0 Å². The van der Waals surface area contributed by atoms with Gasteiger partial charge in [0.05, 0.1) is 10.9 Å². The molecule has 150 valence electrons. The Morgan fingerprint density at radius 1 is 1.28 bits per heavy atom. The van der Waals surface area contributed by atoms with Crippen molar-refractivity contribution in [3.8, 4) is 17.1 Å². The predicted octanol–water partition coefficient (Wildman–Crippen LogP) is 5.99. The summed E-state index contributed by atoms with van der Waals surface area (Å²) in [4.78, 5) is 15.5. The van der Waals surface area contributed by atoms with Gasteiger partial charge < -0.3 is 9.52 Å². The van der Waals surface area contributed by atoms with E-state index in [1.54, 1.807) is 35.2 Å². The molecule has 0 radical (unpaired) electrons. The van der Waals surface area contributed by atoms with Gasteiger partial charge in [0, 0.05) is 11.6 Å². The van der Waals surface area contributed by atoms with Crippen LogP contribution in [-0.4, -0.2) is 26.3 Å². The van der Waals surface area contributed by atoms with Gasteiger partial charge in [-0.15, -0.1) is 0 Å². The maximum absolute atomic E-state index is 13.1. The first kappa shape index (κ1) is 20.0. The van der Waals surface area contributed by atoms with Crippen LogP contribution in [0.5, 0.6) is 5.75 Å². The van der Waals surface area contributed by atoms with Crippen LogP contribution < -0.4 is 0 Å². The van der Waals surface area contributed by atoms with E-state index >= 15 is 0 Å². The molecule has 29 heavy (non-hydrogen) atoms. The zero-order valence-electron chi connectivity index (χ0n) is 16.2. The van der Waals surface area contributed by atoms with E-state index in [1.165, 1.54) is 11.8 Å². The Hall–Kier alpha value is -2.31. The fourth-order valence-corrected chi connectivity index (χ4v) is 5.26. The number of thioether (sulfide) groups is 1. The molecule has 2 aromatic rings. The van der Waals surface area contributed by atoms with Crippen LogP contribution >= 0.6 is 24.0 Å². The molecule has 4 rings (SSSR count). The highest BCUT2D eigenvalue weighted by atomic mass is 32.2. The summed E-state index contributed by atoms with van der Waals surface area (Å²) in [6.45, 7) is 2.18. The van der Waals surface area contributed by atoms with Gasteiger partial charge in [-0.1, -0.05) is 49.5 Å². The van der Waals surface area contributed by atoms with Gasteiger partial charge in [-0.2, -0.15) is 0 Å². The fraction of sp³-hybridized carbons (Fsp3) is 0.304. The van der Waals surface area contributed by atoms with Crippen LogP contribution in [0.1, 0.15) is 38.4 Å². The van der Waals surface area contributed by atoms with Gasteiger partial charge in [-0.05, 0) is 61.6 Å². The maximum Gasteiger partial charge on any atom is 0.266 e. The first-order valence-corrected chi connectivity index (χ1v) is 11.1. The third-order valence-electron chi connectivity index (χ3n) is 5.35. The van der Waals surface area contributed by atoms with Crippen molar-refractivity contribution in [2.24, 2.45) is 5.92 Å². The number of benzene rings is 1. The Morgan fingerprint density at radius 2 is 2.07 bits per heavy atom. The summed E-state index contributed by atoms with van der Waals surface area (Å²) in [6, 6.07) is 10.6. The van der Waals surface area contributed by atoms with E-state index in [-0.39, 0.29) is 17.7 Å². The lowest BCUT2D eigenvalue weighted by molar-refractivity contribution is -0.123. The molecule has 6 heteroatoms. The van der Waals surface area contributed by atoms with Crippen molar-refractivity contribution in [1.29, 1.82) is 0 Å². The molecule has 1 aliphatic heterocycles. The highest BCUT2D eigenvalue weighted by Crippen LogP contribution is 2.39. The monoisotopic (exact) mass is 425 g/mol. The molecule has 0 bridgehead atoms. The molecule has 1 saturated heterocycles. The number of carbonyl (C=O) groups is 1. The van der Waals surface area contributed by atoms with E-state index in [4.69, 9.17) is 16.6 Å². The Balaban J connectivity index is 1.56. The number of allylic oxidation sites excluding steroid dienone is 1. The van der Waals surface area contributed by atoms with Crippen molar-refractivity contribution in [2.75, 3.05) is 0 Å². The number of phenolic OH excluding ortho intramolecular Hbond substituents is 1. The molecule has 0 saturated carbocycles. The highest BCUT2D eigenvalue weighted by molar-refractivity contribution is 8.26. The minimum Gasteiger partial charge on any atom is -0.508 e. The first-order valence-electron chi connectivity index (χ1n) is 9.90. The lowest BCUT2D eigenvalue weighted by atomic mass is 9.85. The number of hydrogen-bond donors (Lipinski definition) is 1. The summed E-state index contributed by atoms with van der Waals surface area (Å²) in [5.74, 6) is 1.92. The number of phenols is 1. The molecule has 1 fully saturated rings. The summed E-state index contributed by atoms with van der Waals surface area (Å²) in [5, 5.41) is 9.44. The Kier molecular flexibility index (Phi) is 5.92. The number of thiocarbonyl (C=S) groups is 1. The van der Waals surface area contributed by atoms with Crippen LogP contribution in [0.3, 0.4) is 0 Å². The number of aromatic hydroxyl groups is 1. The average molecular weight is 426 g/mol. The summed E-state index contributed by atoms with van der Waals surface area (Å²) in [7, 11) is 0. The van der Waals surface area contributed by atoms with Gasteiger partial charge >= 0.3 is 0 Å². The zero-order chi connectivity index (χ0) is 20.4. The van der Waals surface area contributed by atoms with Crippen LogP contribution in [-0.2, 0) is 4.79 Å². The molecule has 2 unspecified atom stereocenters. The maximum atomic E-state index is 13.1. The summed E-state index contributed by atoms with van der Waals surface area (Å²) < 4.78 is 6.51. The lowest BCUT2D eigenvalue weighted by Crippen LogP contribution is -2.43. The lowest BCUT2D eigenvalue weighted by Gasteiger charge is -2.33. The van der Waals surface area contributed by atoms with Crippen molar-refractivity contribution < 1.29 is 14.3 Å². The van der Waals surface area contributed by atoms with E-state index in [0.717, 1.165) is 31.2 Å². The number of carbonyl (C=O) groups excluding carboxylic acids is 1. The van der Waals surface area contributed by atoms with Crippen LogP contribution in [0.2, 0.25) is 0 Å². The molecular weight excluding hydrogens is 402 g/mol. The standard InChI is InChI=1S/C23H23NO3S2/c1-2-5-15-6-3-4-7-19(15)24-22(26)21(29-23(24)28)14-18-12-13-20(27-18)16-8-10-17(25)11-9-16/h4,7-15,19,25H,2-3,5-6H2,1H3/b21-14-. The minimum atomic E-state index is -0.0414. The quantitative estimate of drug-likeness (QED) is 0.362. The topological polar surface area (TPSA) is 53.7 Å². The zero-order valence-corrected chi connectivity index (χ0v) is 17.8. The van der Waals surface area contributed by atoms with Crippen molar-refractivity contribution in [1.82, 2.24) is 4.90 Å². The molecule has 1 aromatic carbocycles. The number of nitrogens with zero attached hydrogens (tertiary/aromatic N) is 1. The van der Waals surface area contributed by atoms with E-state index in [1.807, 2.05) is 12.1 Å². The summed E-state index contributed by atoms with van der Waals surface area (Å²) in [6.07, 6.45) is 10.4. The third kappa shape index (κ3) is 4.19. The number of rotatable bonds is 5. The van der Waals surface area contributed by atoms with Crippen molar-refractivity contribution >= 4 is 40.3 Å². The van der Waals surface area contributed by atoms with Crippen molar-refractivity contribution in [3.63, 3.8) is 0 Å². The molecule has 1 amide bonds. The second-order valence-corrected chi connectivity index (χ2v) is 9.02. The second-order valence-electron chi connectivity index (χ2n) is 7.35. The first-order chi connectivity index (χ1) is 14.1. The predicted molar refractivity (Wildman–Crippen MR) is 121 cm³/mol. The number of furan rings is 1. The molecule has 2 atom stereocenters. The van der Waals surface area contributed by atoms with Crippen LogP contribution in [0.4, 0.5) is 0 Å². The van der Waals surface area contributed by atoms with E-state index < -0.39 is 0 Å². The van der Waals surface area contributed by atoms with Crippen molar-refractivity contribution in [3.05, 3.63) is 59.2 Å². The fourth-order valence-electron chi connectivity index (χ4n) is 3.93. The molecule has 1 aromatic heterocycles.